The number of aliphatic imine (C=N–C) groups is 1. The highest BCUT2D eigenvalue weighted by atomic mass is 16.5. The molecule has 0 saturated heterocycles. The Morgan fingerprint density at radius 3 is 2.22 bits per heavy atom. The van der Waals surface area contributed by atoms with Gasteiger partial charge < -0.3 is 14.2 Å². The summed E-state index contributed by atoms with van der Waals surface area (Å²) in [5.41, 5.74) is 7.23. The van der Waals surface area contributed by atoms with Crippen LogP contribution in [0.3, 0.4) is 0 Å². The van der Waals surface area contributed by atoms with E-state index in [2.05, 4.69) is 122 Å². The summed E-state index contributed by atoms with van der Waals surface area (Å²) >= 11 is 0. The van der Waals surface area contributed by atoms with Crippen molar-refractivity contribution in [2.24, 2.45) is 4.99 Å². The number of ether oxygens (including phenoxy) is 3. The van der Waals surface area contributed by atoms with Crippen LogP contribution < -0.4 is 14.4 Å². The third kappa shape index (κ3) is 4.53. The van der Waals surface area contributed by atoms with Crippen LogP contribution in [-0.2, 0) is 21.1 Å². The molecule has 0 bridgehead atoms. The molecular weight excluding hydrogens is 606 g/mol. The number of fused-ring (bicyclic) bond motifs is 5. The molecular formula is C43H43N3O3. The Bertz CT molecular complexity index is 2200. The van der Waals surface area contributed by atoms with Crippen molar-refractivity contribution in [2.45, 2.75) is 84.3 Å². The fourth-order valence-electron chi connectivity index (χ4n) is 7.86. The molecule has 1 aliphatic carbocycles. The highest BCUT2D eigenvalue weighted by Crippen LogP contribution is 2.62. The Kier molecular flexibility index (Phi) is 6.65. The minimum absolute atomic E-state index is 0.0298. The molecule has 8 rings (SSSR count). The van der Waals surface area contributed by atoms with Gasteiger partial charge in [0.1, 0.15) is 28.5 Å². The molecule has 6 heteroatoms. The molecule has 0 saturated carbocycles. The highest BCUT2D eigenvalue weighted by molar-refractivity contribution is 5.98. The van der Waals surface area contributed by atoms with Gasteiger partial charge in [-0.25, -0.2) is 9.98 Å². The molecule has 3 heterocycles. The monoisotopic (exact) mass is 649 g/mol. The molecule has 248 valence electrons. The molecule has 4 aromatic carbocycles. The normalized spacial score (nSPS) is 21.5. The van der Waals surface area contributed by atoms with E-state index in [1.165, 1.54) is 16.7 Å². The summed E-state index contributed by atoms with van der Waals surface area (Å²) in [7, 11) is 0. The van der Waals surface area contributed by atoms with Crippen molar-refractivity contribution in [1.29, 1.82) is 0 Å². The zero-order chi connectivity index (χ0) is 34.5. The molecule has 0 unspecified atom stereocenters. The number of hydrogen-bond donors (Lipinski definition) is 0. The first-order valence-corrected chi connectivity index (χ1v) is 17.1. The van der Waals surface area contributed by atoms with Gasteiger partial charge in [0.15, 0.2) is 11.5 Å². The average molecular weight is 650 g/mol. The molecule has 0 radical (unpaired) electrons. The number of pyridine rings is 1. The zero-order valence-corrected chi connectivity index (χ0v) is 29.8. The van der Waals surface area contributed by atoms with Crippen LogP contribution in [0.15, 0.2) is 102 Å². The summed E-state index contributed by atoms with van der Waals surface area (Å²) in [5, 5.41) is 0. The fourth-order valence-corrected chi connectivity index (χ4v) is 7.86. The van der Waals surface area contributed by atoms with E-state index in [-0.39, 0.29) is 10.8 Å². The van der Waals surface area contributed by atoms with Crippen LogP contribution in [0, 0.1) is 13.8 Å². The molecule has 0 spiro atoms. The standard InChI is InChI=1S/C43H43N3O3/c1-26-22-27(2)37(25-30(26)39-45-42(8)32-15-11-10-14-31(32)41(6,7)43(42,9)49-39)47-29-18-19-36-34(24-29)46(33-16-12-13-17-35(33)48-36)38-23-28(20-21-44-38)40(3,4)5/h10-25H,1-9H3/t42-,43+/m1/s1. The Morgan fingerprint density at radius 1 is 0.735 bits per heavy atom. The Morgan fingerprint density at radius 2 is 1.45 bits per heavy atom. The van der Waals surface area contributed by atoms with E-state index < -0.39 is 11.1 Å². The minimum atomic E-state index is -0.548. The van der Waals surface area contributed by atoms with Gasteiger partial charge in [0, 0.05) is 23.2 Å². The van der Waals surface area contributed by atoms with Crippen molar-refractivity contribution in [3.05, 3.63) is 131 Å². The van der Waals surface area contributed by atoms with E-state index in [4.69, 9.17) is 24.2 Å². The van der Waals surface area contributed by atoms with Crippen molar-refractivity contribution >= 4 is 23.1 Å². The maximum atomic E-state index is 6.95. The third-order valence-corrected chi connectivity index (χ3v) is 11.2. The number of rotatable bonds is 4. The van der Waals surface area contributed by atoms with Crippen LogP contribution in [-0.4, -0.2) is 16.5 Å². The van der Waals surface area contributed by atoms with Gasteiger partial charge >= 0.3 is 0 Å². The number of aromatic nitrogens is 1. The van der Waals surface area contributed by atoms with Crippen molar-refractivity contribution in [1.82, 2.24) is 4.98 Å². The average Bonchev–Trinajstić information content (AvgIpc) is 3.42. The van der Waals surface area contributed by atoms with E-state index in [0.29, 0.717) is 11.6 Å². The Labute approximate surface area is 289 Å². The van der Waals surface area contributed by atoms with Crippen LogP contribution >= 0.6 is 0 Å². The summed E-state index contributed by atoms with van der Waals surface area (Å²) in [6.07, 6.45) is 1.88. The number of nitrogens with zero attached hydrogens (tertiary/aromatic N) is 3. The van der Waals surface area contributed by atoms with Gasteiger partial charge in [-0.2, -0.15) is 0 Å². The number of anilines is 3. The summed E-state index contributed by atoms with van der Waals surface area (Å²) in [6.45, 7) is 19.8. The Hall–Kier alpha value is -5.10. The van der Waals surface area contributed by atoms with Crippen LogP contribution in [0.2, 0.25) is 0 Å². The maximum absolute atomic E-state index is 6.95. The number of para-hydroxylation sites is 2. The third-order valence-electron chi connectivity index (χ3n) is 11.2. The summed E-state index contributed by atoms with van der Waals surface area (Å²) in [6, 6.07) is 31.1. The smallest absolute Gasteiger partial charge is 0.218 e. The first kappa shape index (κ1) is 31.2. The molecule has 2 atom stereocenters. The van der Waals surface area contributed by atoms with Gasteiger partial charge in [-0.1, -0.05) is 77.1 Å². The topological polar surface area (TPSA) is 56.2 Å². The fraction of sp³-hybridized carbons (Fsp3) is 0.302. The largest absolute Gasteiger partial charge is 0.467 e. The summed E-state index contributed by atoms with van der Waals surface area (Å²) < 4.78 is 20.1. The second kappa shape index (κ2) is 10.4. The van der Waals surface area contributed by atoms with Crippen LogP contribution in [0.1, 0.15) is 81.8 Å². The lowest BCUT2D eigenvalue weighted by Crippen LogP contribution is -2.51. The van der Waals surface area contributed by atoms with E-state index in [9.17, 15) is 0 Å². The zero-order valence-electron chi connectivity index (χ0n) is 29.8. The van der Waals surface area contributed by atoms with Crippen LogP contribution in [0.5, 0.6) is 23.0 Å². The second-order valence-electron chi connectivity index (χ2n) is 15.5. The minimum Gasteiger partial charge on any atom is -0.467 e. The SMILES string of the molecule is Cc1cc(C)c(C2=N[C@]3(C)c4ccccc4C(C)(C)[C@]3(C)O2)cc1Oc1ccc2c(c1)N(c1cc(C(C)(C)C)ccn1)c1ccccc1O2. The highest BCUT2D eigenvalue weighted by Gasteiger charge is 2.67. The van der Waals surface area contributed by atoms with Gasteiger partial charge in [0.25, 0.3) is 0 Å². The first-order valence-electron chi connectivity index (χ1n) is 17.1. The lowest BCUT2D eigenvalue weighted by Gasteiger charge is -2.41. The van der Waals surface area contributed by atoms with E-state index in [1.54, 1.807) is 0 Å². The Balaban J connectivity index is 1.18. The second-order valence-corrected chi connectivity index (χ2v) is 15.5. The predicted octanol–water partition coefficient (Wildman–Crippen LogP) is 11.1. The molecule has 2 aliphatic heterocycles. The molecule has 3 aliphatic rings. The van der Waals surface area contributed by atoms with Crippen molar-refractivity contribution in [3.8, 4) is 23.0 Å². The van der Waals surface area contributed by atoms with E-state index in [1.807, 2.05) is 42.6 Å². The number of hydrogen-bond acceptors (Lipinski definition) is 6. The lowest BCUT2D eigenvalue weighted by atomic mass is 9.71. The van der Waals surface area contributed by atoms with E-state index in [0.717, 1.165) is 51.1 Å². The number of benzene rings is 4. The summed E-state index contributed by atoms with van der Waals surface area (Å²) in [4.78, 5) is 12.3. The maximum Gasteiger partial charge on any atom is 0.218 e. The molecule has 49 heavy (non-hydrogen) atoms. The van der Waals surface area contributed by atoms with Crippen molar-refractivity contribution in [3.63, 3.8) is 0 Å². The molecule has 0 N–H and O–H groups in total. The molecule has 0 amide bonds. The molecule has 5 aromatic rings. The van der Waals surface area contributed by atoms with Gasteiger partial charge in [0.2, 0.25) is 5.90 Å². The van der Waals surface area contributed by atoms with Crippen molar-refractivity contribution < 1.29 is 14.2 Å². The quantitative estimate of drug-likeness (QED) is 0.190. The lowest BCUT2D eigenvalue weighted by molar-refractivity contribution is -0.0136. The molecule has 1 aromatic heterocycles. The van der Waals surface area contributed by atoms with Gasteiger partial charge in [-0.3, -0.25) is 4.90 Å². The first-order chi connectivity index (χ1) is 23.2. The van der Waals surface area contributed by atoms with Gasteiger partial charge in [0.05, 0.1) is 11.4 Å². The summed E-state index contributed by atoms with van der Waals surface area (Å²) in [5.74, 6) is 4.43. The number of aryl methyl sites for hydroxylation is 2. The van der Waals surface area contributed by atoms with E-state index >= 15 is 0 Å². The predicted molar refractivity (Wildman–Crippen MR) is 197 cm³/mol. The molecule has 6 nitrogen and oxygen atoms in total. The van der Waals surface area contributed by atoms with Crippen LogP contribution in [0.25, 0.3) is 0 Å². The van der Waals surface area contributed by atoms with Gasteiger partial charge in [-0.15, -0.1) is 0 Å². The van der Waals surface area contributed by atoms with Gasteiger partial charge in [-0.05, 0) is 103 Å². The van der Waals surface area contributed by atoms with Crippen LogP contribution in [0.4, 0.5) is 17.2 Å². The van der Waals surface area contributed by atoms with Crippen molar-refractivity contribution in [2.75, 3.05) is 4.90 Å². The molecule has 0 fully saturated rings.